The number of hydrogen-bond donors (Lipinski definition) is 2. The summed E-state index contributed by atoms with van der Waals surface area (Å²) in [4.78, 5) is 26.2. The van der Waals surface area contributed by atoms with Gasteiger partial charge in [0.2, 0.25) is 0 Å². The van der Waals surface area contributed by atoms with Gasteiger partial charge >= 0.3 is 114 Å². The summed E-state index contributed by atoms with van der Waals surface area (Å²) < 4.78 is 17.6. The molecular weight excluding hydrogens is 2020 g/mol. The zero-order chi connectivity index (χ0) is 82.8. The molecule has 12 aliphatic rings. The zero-order valence-corrected chi connectivity index (χ0v) is 103. The van der Waals surface area contributed by atoms with Crippen LogP contribution in [-0.4, -0.2) is 163 Å². The molecule has 9 nitrogen and oxygen atoms in total. The molecule has 0 aromatic rings. The van der Waals surface area contributed by atoms with Gasteiger partial charge in [-0.1, -0.05) is 364 Å². The maximum absolute atomic E-state index is 10.8. The van der Waals surface area contributed by atoms with Crippen molar-refractivity contribution in [2.45, 2.75) is 511 Å². The van der Waals surface area contributed by atoms with Crippen LogP contribution in [-0.2, 0) is 126 Å². The van der Waals surface area contributed by atoms with Crippen LogP contribution in [0, 0.1) is 125 Å². The number of nitrogens with zero attached hydrogens (tertiary/aromatic N) is 2. The van der Waals surface area contributed by atoms with Crippen molar-refractivity contribution in [2.75, 3.05) is 80.9 Å². The Balaban J connectivity index is -0.0000000480. The molecule has 0 aromatic heterocycles. The predicted octanol–water partition coefficient (Wildman–Crippen LogP) is 36.6. The molecule has 2 N–H and O–H groups in total. The van der Waals surface area contributed by atoms with Gasteiger partial charge in [-0.3, -0.25) is 19.0 Å². The molecule has 12 rings (SSSR count). The largest absolute Gasteiger partial charge is 2.00 e. The second kappa shape index (κ2) is 120. The fourth-order valence-corrected chi connectivity index (χ4v) is 25.4. The molecule has 0 heterocycles. The first kappa shape index (κ1) is 195. The maximum Gasteiger partial charge on any atom is 2.00 e. The Labute approximate surface area is 934 Å². The summed E-state index contributed by atoms with van der Waals surface area (Å²) in [5.74, 6) is 4.06. The number of ether oxygens (including phenoxy) is 3. The van der Waals surface area contributed by atoms with E-state index in [0.29, 0.717) is 83.7 Å². The van der Waals surface area contributed by atoms with Gasteiger partial charge in [-0.2, -0.15) is 58.8 Å². The summed E-state index contributed by atoms with van der Waals surface area (Å²) in [6, 6.07) is 0. The quantitative estimate of drug-likeness (QED) is 0.0554. The molecule has 10 unspecified atom stereocenters. The molecule has 0 aromatic carbocycles. The molecule has 134 heavy (non-hydrogen) atoms. The van der Waals surface area contributed by atoms with Crippen molar-refractivity contribution in [1.82, 2.24) is 9.80 Å². The fraction of sp³-hybridized carbons (Fsp3) is 0.875. The average molecular weight is 2260 g/mol. The van der Waals surface area contributed by atoms with Gasteiger partial charge in [0, 0.05) is 109 Å². The number of aliphatic hydroxyl groups excluding tert-OH is 2. The van der Waals surface area contributed by atoms with Gasteiger partial charge in [-0.05, 0) is 135 Å². The van der Waals surface area contributed by atoms with Crippen LogP contribution in [0.5, 0.6) is 0 Å². The average Bonchev–Trinajstić information content (AvgIpc) is 1.75. The topological polar surface area (TPSA) is 109 Å². The molecule has 0 bridgehead atoms. The van der Waals surface area contributed by atoms with Crippen LogP contribution in [0.15, 0.2) is 0 Å². The van der Waals surface area contributed by atoms with Gasteiger partial charge in [0.05, 0.1) is 19.8 Å². The van der Waals surface area contributed by atoms with Crippen LogP contribution < -0.4 is 0 Å². The maximum atomic E-state index is 10.8. The minimum Gasteiger partial charge on any atom is -0.466 e. The van der Waals surface area contributed by atoms with Crippen LogP contribution in [0.25, 0.3) is 0 Å². The normalized spacial score (nSPS) is 21.7. The van der Waals surface area contributed by atoms with E-state index < -0.39 is 0 Å². The summed E-state index contributed by atoms with van der Waals surface area (Å²) >= 11 is 10.4. The molecule has 22 heteroatoms. The van der Waals surface area contributed by atoms with E-state index in [1.165, 1.54) is 342 Å². The van der Waals surface area contributed by atoms with Crippen LogP contribution in [0.2, 0.25) is 0 Å². The Bertz CT molecular complexity index is 1990. The standard InChI is InChI=1S/C13H26O2S.C12H25NS.2C12H22O2S.C10H20OS.C8H17N.6C5H10.3CH4.12CH3.2FH.6Fe/c1-13(2,3)16-12-7-4-6-11(12)10-15-9-5-8-14;1-12(2,3)14-11-8-6-7-10(11)9-13(4)5;2*1-9(13)14-8-10-6-5-7-11(10)15-12(2,3)4;1-10(2,3)12-9-6-4-5-8(9)7-11;1-9(2)7-8-5-3-4-6-8;6*1-2-4-5-3-1;;;;;;;;;;;;;;;;;;;;;;;/h11-12,14H,4-10H2,1-3H3;10-11H,6-9H2,1-5H3;2*10-11H,5-8H2,1-4H3;8-9,11H,4-7H2,1-3H3;8H,3-7H2,1-2H3;6*1-5H2;3*1H4;12*1H3;2*1H;;;;;;/q;;;;;;;;;;;;;;;12*-1;;;6*+2. The molecule has 0 radical (unpaired) electrons. The Morgan fingerprint density at radius 2 is 0.463 bits per heavy atom. The molecule has 12 aliphatic carbocycles. The third kappa shape index (κ3) is 122. The first-order valence-corrected chi connectivity index (χ1v) is 51.6. The number of esters is 2. The third-order valence-corrected chi connectivity index (χ3v) is 30.8. The van der Waals surface area contributed by atoms with E-state index in [-0.39, 0.29) is 242 Å². The SMILES string of the molecule is C.C.C.C1CCCC1.C1CCCC1.C1CCCC1.C1CCCC1.C1CCCC1.C1CCCC1.CC(=O)OCC1CCCC1SC(C)(C)C.CC(=O)OCC1CCCC1SC(C)(C)C.CC(C)(C)SC1CCCC1CO.CC(C)(C)SC1CCCC1COCCCO.CN(C)CC1CCCC1.CN(C)CC1CCCC1SC(C)(C)C.F.F.[CH3-].[CH3-].[CH3-].[CH3-].[CH3-].[CH3-].[CH3-].[CH3-].[CH3-].[CH3-].[CH3-].[CH3-].[Fe+2].[Fe+2].[Fe+2].[Fe+2].[Fe+2].[Fe+2]. The van der Waals surface area contributed by atoms with Crippen LogP contribution in [0.3, 0.4) is 0 Å². The molecule has 0 saturated heterocycles. The van der Waals surface area contributed by atoms with E-state index in [9.17, 15) is 9.59 Å². The Morgan fingerprint density at radius 3 is 0.649 bits per heavy atom. The number of rotatable bonds is 19. The second-order valence-corrected chi connectivity index (χ2v) is 50.8. The Kier molecular flexibility index (Phi) is 175. The summed E-state index contributed by atoms with van der Waals surface area (Å²) in [7, 11) is 8.71. The van der Waals surface area contributed by atoms with Gasteiger partial charge < -0.3 is 123 Å². The molecule has 12 saturated carbocycles. The smallest absolute Gasteiger partial charge is 0.466 e. The van der Waals surface area contributed by atoms with E-state index in [1.807, 2.05) is 35.3 Å². The summed E-state index contributed by atoms with van der Waals surface area (Å²) in [6.45, 7) is 43.1. The van der Waals surface area contributed by atoms with Gasteiger partial charge in [0.25, 0.3) is 0 Å². The van der Waals surface area contributed by atoms with Crippen molar-refractivity contribution in [3.05, 3.63) is 89.1 Å². The van der Waals surface area contributed by atoms with E-state index in [0.717, 1.165) is 41.3 Å². The first-order chi connectivity index (χ1) is 52.5. The summed E-state index contributed by atoms with van der Waals surface area (Å²) in [5, 5.41) is 21.5. The number of hydrogen-bond acceptors (Lipinski definition) is 14. The van der Waals surface area contributed by atoms with Crippen molar-refractivity contribution >= 4 is 70.7 Å². The van der Waals surface area contributed by atoms with E-state index in [4.69, 9.17) is 24.4 Å². The summed E-state index contributed by atoms with van der Waals surface area (Å²) in [5.41, 5.74) is 0. The second-order valence-electron chi connectivity index (χ2n) is 40.5. The predicted molar refractivity (Wildman–Crippen MR) is 605 cm³/mol. The minimum absolute atomic E-state index is 0. The van der Waals surface area contributed by atoms with Gasteiger partial charge in [-0.25, -0.2) is 0 Å². The van der Waals surface area contributed by atoms with Gasteiger partial charge in [0.1, 0.15) is 0 Å². The number of halogens is 2. The van der Waals surface area contributed by atoms with Gasteiger partial charge in [0.15, 0.2) is 0 Å². The molecule has 834 valence electrons. The van der Waals surface area contributed by atoms with Crippen LogP contribution in [0.4, 0.5) is 9.41 Å². The number of aliphatic hydroxyl groups is 2. The van der Waals surface area contributed by atoms with Crippen molar-refractivity contribution in [1.29, 1.82) is 0 Å². The molecule has 10 atom stereocenters. The number of carbonyl (C=O) groups excluding carboxylic acids is 2. The Morgan fingerprint density at radius 1 is 0.276 bits per heavy atom. The number of thioether (sulfide) groups is 5. The zero-order valence-electron chi connectivity index (χ0n) is 92.7. The van der Waals surface area contributed by atoms with Crippen molar-refractivity contribution in [3.8, 4) is 0 Å². The molecular formula is C112H242F2Fe6N2O7S5. The molecule has 12 fully saturated rings. The van der Waals surface area contributed by atoms with E-state index in [1.54, 1.807) is 0 Å². The number of carbonyl (C=O) groups is 2. The third-order valence-electron chi connectivity index (χ3n) is 22.7. The van der Waals surface area contributed by atoms with Gasteiger partial charge in [-0.15, -0.1) is 0 Å². The molecule has 0 spiro atoms. The van der Waals surface area contributed by atoms with E-state index in [2.05, 4.69) is 165 Å². The fourth-order valence-electron chi connectivity index (χ4n) is 17.4. The van der Waals surface area contributed by atoms with Crippen LogP contribution >= 0.6 is 58.8 Å². The molecule has 0 amide bonds. The summed E-state index contributed by atoms with van der Waals surface area (Å²) in [6.07, 6.45) is 71.3. The molecule has 0 aliphatic heterocycles. The monoisotopic (exact) mass is 2260 g/mol. The van der Waals surface area contributed by atoms with Crippen molar-refractivity contribution in [2.24, 2.45) is 35.5 Å². The van der Waals surface area contributed by atoms with Crippen LogP contribution in [0.1, 0.15) is 461 Å². The van der Waals surface area contributed by atoms with Crippen molar-refractivity contribution in [3.63, 3.8) is 0 Å². The van der Waals surface area contributed by atoms with Crippen molar-refractivity contribution < 1.29 is 146 Å². The van der Waals surface area contributed by atoms with E-state index >= 15 is 0 Å². The first-order valence-electron chi connectivity index (χ1n) is 47.2. The Hall–Kier alpha value is 3.47. The minimum atomic E-state index is -0.151.